The molecule has 1 heterocycles. The molecule has 3 rings (SSSR count). The highest BCUT2D eigenvalue weighted by atomic mass is 35.5. The lowest BCUT2D eigenvalue weighted by molar-refractivity contribution is -0.204. The van der Waals surface area contributed by atoms with Gasteiger partial charge in [-0.05, 0) is 42.8 Å². The molecule has 0 amide bonds. The molecule has 11 heteroatoms. The summed E-state index contributed by atoms with van der Waals surface area (Å²) in [5.74, 6) is -1.61. The van der Waals surface area contributed by atoms with Crippen molar-refractivity contribution in [2.24, 2.45) is 0 Å². The lowest BCUT2D eigenvalue weighted by Crippen LogP contribution is -2.31. The van der Waals surface area contributed by atoms with E-state index in [1.165, 1.54) is 30.3 Å². The highest BCUT2D eigenvalue weighted by Crippen LogP contribution is 2.28. The zero-order chi connectivity index (χ0) is 23.6. The van der Waals surface area contributed by atoms with Crippen LogP contribution in [0.3, 0.4) is 0 Å². The summed E-state index contributed by atoms with van der Waals surface area (Å²) in [5.41, 5.74) is -0.993. The molecule has 1 N–H and O–H groups in total. The minimum Gasteiger partial charge on any atom is -0.384 e. The maximum atomic E-state index is 13.7. The van der Waals surface area contributed by atoms with E-state index in [0.29, 0.717) is 5.56 Å². The van der Waals surface area contributed by atoms with Crippen LogP contribution in [-0.2, 0) is 0 Å². The van der Waals surface area contributed by atoms with Crippen molar-refractivity contribution in [2.75, 3.05) is 0 Å². The topological polar surface area (TPSA) is 72.2 Å². The average Bonchev–Trinajstić information content (AvgIpc) is 2.73. The van der Waals surface area contributed by atoms with Gasteiger partial charge in [0.25, 0.3) is 5.56 Å². The number of rotatable bonds is 6. The number of Topliss-reactive ketones (excluding diaryl/α,β-unsaturated/α-hetero) is 1. The van der Waals surface area contributed by atoms with E-state index in [-0.39, 0.29) is 21.4 Å². The van der Waals surface area contributed by atoms with Gasteiger partial charge >= 0.3 is 6.18 Å². The number of hydrogen-bond acceptors (Lipinski definition) is 4. The second kappa shape index (κ2) is 9.40. The molecule has 0 spiro atoms. The summed E-state index contributed by atoms with van der Waals surface area (Å²) in [4.78, 5) is 25.5. The van der Waals surface area contributed by atoms with E-state index in [4.69, 9.17) is 28.3 Å². The Hall–Kier alpha value is -2.75. The number of hydrogen-bond donors (Lipinski definition) is 1. The third-order valence-corrected chi connectivity index (χ3v) is 5.24. The molecule has 168 valence electrons. The van der Waals surface area contributed by atoms with Gasteiger partial charge in [0.2, 0.25) is 0 Å². The molecule has 0 aliphatic rings. The SMILES string of the molecule is O=C(CC[C@@H](O)C(F)(F)F)c1cc(-c2ccc(Cl)c(Cl)c2)nn(-c2cccc(F)c2)c1=O. The average molecular weight is 489 g/mol. The molecule has 2 aromatic carbocycles. The number of aromatic nitrogens is 2. The van der Waals surface area contributed by atoms with E-state index in [9.17, 15) is 27.2 Å². The number of benzene rings is 2. The molecular formula is C21H14Cl2F4N2O3. The van der Waals surface area contributed by atoms with Gasteiger partial charge in [0.05, 0.1) is 27.0 Å². The number of carbonyl (C=O) groups is 1. The van der Waals surface area contributed by atoms with Crippen molar-refractivity contribution in [1.82, 2.24) is 9.78 Å². The number of halogens is 6. The second-order valence-electron chi connectivity index (χ2n) is 6.79. The Labute approximate surface area is 188 Å². The largest absolute Gasteiger partial charge is 0.414 e. The Bertz CT molecular complexity index is 1230. The molecule has 0 bridgehead atoms. The first-order valence-electron chi connectivity index (χ1n) is 9.11. The summed E-state index contributed by atoms with van der Waals surface area (Å²) in [7, 11) is 0. The summed E-state index contributed by atoms with van der Waals surface area (Å²) in [6.45, 7) is 0. The summed E-state index contributed by atoms with van der Waals surface area (Å²) in [6.07, 6.45) is -9.28. The molecule has 0 radical (unpaired) electrons. The lowest BCUT2D eigenvalue weighted by atomic mass is 10.0. The van der Waals surface area contributed by atoms with E-state index < -0.39 is 47.8 Å². The fourth-order valence-electron chi connectivity index (χ4n) is 2.84. The standard InChI is InChI=1S/C21H14Cl2F4N2O3/c22-15-5-4-11(8-16(15)23)17-10-14(18(30)6-7-19(31)21(25,26)27)20(32)29(28-17)13-3-1-2-12(24)9-13/h1-5,8-10,19,31H,6-7H2/t19-/m1/s1. The molecule has 0 saturated carbocycles. The van der Waals surface area contributed by atoms with E-state index in [1.807, 2.05) is 0 Å². The first-order chi connectivity index (χ1) is 15.0. The third kappa shape index (κ3) is 5.35. The summed E-state index contributed by atoms with van der Waals surface area (Å²) < 4.78 is 52.2. The molecule has 0 aliphatic heterocycles. The molecule has 0 fully saturated rings. The Morgan fingerprint density at radius 3 is 2.44 bits per heavy atom. The normalized spacial score (nSPS) is 12.6. The Balaban J connectivity index is 2.11. The molecule has 1 atom stereocenters. The maximum absolute atomic E-state index is 13.7. The number of ketones is 1. The minimum atomic E-state index is -4.90. The van der Waals surface area contributed by atoms with Crippen LogP contribution in [0.15, 0.2) is 53.3 Å². The predicted molar refractivity (Wildman–Crippen MR) is 111 cm³/mol. The fourth-order valence-corrected chi connectivity index (χ4v) is 3.14. The maximum Gasteiger partial charge on any atom is 0.414 e. The fraction of sp³-hybridized carbons (Fsp3) is 0.190. The Morgan fingerprint density at radius 2 is 1.81 bits per heavy atom. The van der Waals surface area contributed by atoms with Crippen LogP contribution in [0.1, 0.15) is 23.2 Å². The number of carbonyl (C=O) groups excluding carboxylic acids is 1. The van der Waals surface area contributed by atoms with Gasteiger partial charge in [0.15, 0.2) is 5.78 Å². The molecule has 0 saturated heterocycles. The van der Waals surface area contributed by atoms with E-state index in [1.54, 1.807) is 0 Å². The monoisotopic (exact) mass is 488 g/mol. The summed E-state index contributed by atoms with van der Waals surface area (Å²) in [5, 5.41) is 13.7. The number of alkyl halides is 3. The van der Waals surface area contributed by atoms with E-state index in [2.05, 4.69) is 5.10 Å². The number of aliphatic hydroxyl groups is 1. The van der Waals surface area contributed by atoms with Crippen LogP contribution in [0.25, 0.3) is 16.9 Å². The molecule has 32 heavy (non-hydrogen) atoms. The van der Waals surface area contributed by atoms with Gasteiger partial charge in [0, 0.05) is 12.0 Å². The van der Waals surface area contributed by atoms with Gasteiger partial charge in [-0.2, -0.15) is 23.0 Å². The van der Waals surface area contributed by atoms with E-state index in [0.717, 1.165) is 22.9 Å². The van der Waals surface area contributed by atoms with E-state index >= 15 is 0 Å². The molecule has 1 aromatic heterocycles. The van der Waals surface area contributed by atoms with Crippen molar-refractivity contribution < 1.29 is 27.5 Å². The van der Waals surface area contributed by atoms with Gasteiger partial charge in [-0.1, -0.05) is 35.3 Å². The van der Waals surface area contributed by atoms with Crippen LogP contribution in [0.2, 0.25) is 10.0 Å². The predicted octanol–water partition coefficient (Wildman–Crippen LogP) is 5.23. The van der Waals surface area contributed by atoms with Crippen molar-refractivity contribution in [3.8, 4) is 16.9 Å². The summed E-state index contributed by atoms with van der Waals surface area (Å²) in [6, 6.07) is 10.4. The second-order valence-corrected chi connectivity index (χ2v) is 7.60. The minimum absolute atomic E-state index is 0.00119. The van der Waals surface area contributed by atoms with Crippen molar-refractivity contribution in [1.29, 1.82) is 0 Å². The quantitative estimate of drug-likeness (QED) is 0.380. The van der Waals surface area contributed by atoms with Crippen LogP contribution in [0, 0.1) is 5.82 Å². The zero-order valence-corrected chi connectivity index (χ0v) is 17.5. The first kappa shape index (κ1) is 23.9. The molecule has 5 nitrogen and oxygen atoms in total. The Morgan fingerprint density at radius 1 is 1.09 bits per heavy atom. The van der Waals surface area contributed by atoms with Crippen molar-refractivity contribution in [2.45, 2.75) is 25.1 Å². The molecular weight excluding hydrogens is 475 g/mol. The first-order valence-corrected chi connectivity index (χ1v) is 9.86. The van der Waals surface area contributed by atoms with Crippen molar-refractivity contribution >= 4 is 29.0 Å². The van der Waals surface area contributed by atoms with Crippen molar-refractivity contribution in [3.05, 3.63) is 80.3 Å². The van der Waals surface area contributed by atoms with Gasteiger partial charge in [-0.3, -0.25) is 9.59 Å². The number of nitrogens with zero attached hydrogens (tertiary/aromatic N) is 2. The van der Waals surface area contributed by atoms with Crippen LogP contribution in [0.4, 0.5) is 17.6 Å². The van der Waals surface area contributed by atoms with Gasteiger partial charge in [-0.15, -0.1) is 0 Å². The van der Waals surface area contributed by atoms with Crippen molar-refractivity contribution in [3.63, 3.8) is 0 Å². The highest BCUT2D eigenvalue weighted by molar-refractivity contribution is 6.42. The molecule has 3 aromatic rings. The van der Waals surface area contributed by atoms with Gasteiger partial charge < -0.3 is 5.11 Å². The van der Waals surface area contributed by atoms with Crippen LogP contribution in [-0.4, -0.2) is 33.0 Å². The zero-order valence-electron chi connectivity index (χ0n) is 16.0. The molecule has 0 aliphatic carbocycles. The van der Waals surface area contributed by atoms with Gasteiger partial charge in [0.1, 0.15) is 11.9 Å². The Kier molecular flexibility index (Phi) is 7.02. The van der Waals surface area contributed by atoms with Crippen LogP contribution >= 0.6 is 23.2 Å². The smallest absolute Gasteiger partial charge is 0.384 e. The summed E-state index contributed by atoms with van der Waals surface area (Å²) >= 11 is 11.9. The highest BCUT2D eigenvalue weighted by Gasteiger charge is 2.38. The number of aliphatic hydroxyl groups excluding tert-OH is 1. The molecule has 0 unspecified atom stereocenters. The third-order valence-electron chi connectivity index (χ3n) is 4.50. The van der Waals surface area contributed by atoms with Crippen LogP contribution < -0.4 is 5.56 Å². The lowest BCUT2D eigenvalue weighted by Gasteiger charge is -2.14. The van der Waals surface area contributed by atoms with Crippen LogP contribution in [0.5, 0.6) is 0 Å². The van der Waals surface area contributed by atoms with Gasteiger partial charge in [-0.25, -0.2) is 4.39 Å².